The largest absolute Gasteiger partial charge is 0.388 e. The third-order valence-corrected chi connectivity index (χ3v) is 2.87. The highest BCUT2D eigenvalue weighted by Crippen LogP contribution is 2.42. The molecule has 0 amide bonds. The summed E-state index contributed by atoms with van der Waals surface area (Å²) in [5.41, 5.74) is -0.178. The van der Waals surface area contributed by atoms with E-state index >= 15 is 0 Å². The molecule has 0 unspecified atom stereocenters. The van der Waals surface area contributed by atoms with Gasteiger partial charge < -0.3 is 19.9 Å². The molecule has 2 N–H and O–H groups in total. The van der Waals surface area contributed by atoms with Crippen molar-refractivity contribution in [2.45, 2.75) is 23.9 Å². The fraction of sp³-hybridized carbons (Fsp3) is 1.00. The van der Waals surface area contributed by atoms with E-state index in [1.165, 1.54) is 0 Å². The molecule has 4 atom stereocenters. The average molecular weight is 157 g/mol. The molecule has 0 aromatic heterocycles. The van der Waals surface area contributed by atoms with Crippen molar-refractivity contribution in [3.8, 4) is 0 Å². The van der Waals surface area contributed by atoms with Crippen LogP contribution < -0.4 is 5.32 Å². The maximum Gasteiger partial charge on any atom is 0.133 e. The molecule has 3 aliphatic rings. The Morgan fingerprint density at radius 2 is 2.45 bits per heavy atom. The van der Waals surface area contributed by atoms with Gasteiger partial charge in [0.15, 0.2) is 0 Å². The maximum absolute atomic E-state index is 9.59. The molecule has 3 saturated heterocycles. The number of aliphatic hydroxyl groups excluding tert-OH is 1. The molecule has 0 aromatic carbocycles. The molecule has 0 aromatic rings. The van der Waals surface area contributed by atoms with Gasteiger partial charge in [-0.1, -0.05) is 0 Å². The zero-order chi connectivity index (χ0) is 7.47. The number of aliphatic hydroxyl groups is 1. The smallest absolute Gasteiger partial charge is 0.133 e. The van der Waals surface area contributed by atoms with E-state index in [1.54, 1.807) is 0 Å². The Hall–Kier alpha value is -0.160. The maximum atomic E-state index is 9.59. The second-order valence-electron chi connectivity index (χ2n) is 3.57. The zero-order valence-electron chi connectivity index (χ0n) is 6.12. The van der Waals surface area contributed by atoms with Gasteiger partial charge >= 0.3 is 0 Å². The normalized spacial score (nSPS) is 60.3. The van der Waals surface area contributed by atoms with Crippen LogP contribution in [0.15, 0.2) is 0 Å². The number of ether oxygens (including phenoxy) is 2. The lowest BCUT2D eigenvalue weighted by molar-refractivity contribution is -0.232. The number of nitrogens with one attached hydrogen (secondary N) is 1. The number of hydrogen-bond donors (Lipinski definition) is 2. The lowest BCUT2D eigenvalue weighted by Gasteiger charge is -2.44. The fourth-order valence-electron chi connectivity index (χ4n) is 2.22. The first-order valence-electron chi connectivity index (χ1n) is 4.00. The molecule has 4 heteroatoms. The number of fused-ring (bicyclic) bond motifs is 1. The summed E-state index contributed by atoms with van der Waals surface area (Å²) in [4.78, 5) is 0. The molecular formula is C7H11NO3. The Morgan fingerprint density at radius 3 is 3.09 bits per heavy atom. The molecule has 11 heavy (non-hydrogen) atoms. The molecule has 0 radical (unpaired) electrons. The minimum Gasteiger partial charge on any atom is -0.388 e. The molecule has 4 nitrogen and oxygen atoms in total. The van der Waals surface area contributed by atoms with Crippen LogP contribution in [-0.4, -0.2) is 48.7 Å². The van der Waals surface area contributed by atoms with Crippen LogP contribution in [0.3, 0.4) is 0 Å². The molecule has 0 aliphatic carbocycles. The third-order valence-electron chi connectivity index (χ3n) is 2.87. The van der Waals surface area contributed by atoms with Crippen molar-refractivity contribution in [3.63, 3.8) is 0 Å². The first kappa shape index (κ1) is 6.37. The lowest BCUT2D eigenvalue weighted by atomic mass is 9.91. The second-order valence-corrected chi connectivity index (χ2v) is 3.57. The van der Waals surface area contributed by atoms with Crippen molar-refractivity contribution in [1.82, 2.24) is 5.32 Å². The van der Waals surface area contributed by atoms with E-state index in [4.69, 9.17) is 9.47 Å². The highest BCUT2D eigenvalue weighted by atomic mass is 16.6. The molecule has 3 fully saturated rings. The van der Waals surface area contributed by atoms with Crippen LogP contribution in [0.25, 0.3) is 0 Å². The summed E-state index contributed by atoms with van der Waals surface area (Å²) in [6, 6.07) is 0. The third kappa shape index (κ3) is 0.597. The Kier molecular flexibility index (Phi) is 1.02. The summed E-state index contributed by atoms with van der Waals surface area (Å²) in [6.07, 6.45) is -0.530. The van der Waals surface area contributed by atoms with E-state index in [1.807, 2.05) is 0 Å². The minimum atomic E-state index is -0.418. The second kappa shape index (κ2) is 1.77. The number of hydrogen-bond acceptors (Lipinski definition) is 4. The topological polar surface area (TPSA) is 50.7 Å². The minimum absolute atomic E-state index is 0.0451. The molecule has 62 valence electrons. The van der Waals surface area contributed by atoms with E-state index in [0.29, 0.717) is 6.61 Å². The van der Waals surface area contributed by atoms with Gasteiger partial charge in [-0.3, -0.25) is 0 Å². The van der Waals surface area contributed by atoms with Crippen molar-refractivity contribution < 1.29 is 14.6 Å². The van der Waals surface area contributed by atoms with Gasteiger partial charge in [-0.2, -0.15) is 0 Å². The molecule has 2 bridgehead atoms. The lowest BCUT2D eigenvalue weighted by Crippen LogP contribution is -2.63. The Bertz CT molecular complexity index is 198. The van der Waals surface area contributed by atoms with E-state index < -0.39 is 6.10 Å². The molecule has 3 rings (SSSR count). The van der Waals surface area contributed by atoms with Crippen LogP contribution >= 0.6 is 0 Å². The predicted octanol–water partition coefficient (Wildman–Crippen LogP) is -1.51. The van der Waals surface area contributed by atoms with Crippen LogP contribution in [0.4, 0.5) is 0 Å². The summed E-state index contributed by atoms with van der Waals surface area (Å²) in [5, 5.41) is 12.8. The number of rotatable bonds is 0. The van der Waals surface area contributed by atoms with Gasteiger partial charge in [-0.25, -0.2) is 0 Å². The fourth-order valence-corrected chi connectivity index (χ4v) is 2.22. The molecule has 1 spiro atoms. The average Bonchev–Trinajstić information content (AvgIpc) is 2.12. The van der Waals surface area contributed by atoms with Gasteiger partial charge in [-0.15, -0.1) is 0 Å². The van der Waals surface area contributed by atoms with Crippen molar-refractivity contribution in [2.24, 2.45) is 0 Å². The van der Waals surface area contributed by atoms with E-state index in [0.717, 1.165) is 13.1 Å². The van der Waals surface area contributed by atoms with Gasteiger partial charge in [0.25, 0.3) is 0 Å². The summed E-state index contributed by atoms with van der Waals surface area (Å²) < 4.78 is 10.9. The van der Waals surface area contributed by atoms with Crippen molar-refractivity contribution in [2.75, 3.05) is 19.7 Å². The first-order valence-corrected chi connectivity index (χ1v) is 4.00. The highest BCUT2D eigenvalue weighted by Gasteiger charge is 2.63. The summed E-state index contributed by atoms with van der Waals surface area (Å²) in [7, 11) is 0. The van der Waals surface area contributed by atoms with Crippen LogP contribution in [0, 0.1) is 0 Å². The number of morpholine rings is 1. The molecule has 0 saturated carbocycles. The van der Waals surface area contributed by atoms with E-state index in [9.17, 15) is 5.11 Å². The Balaban J connectivity index is 1.96. The summed E-state index contributed by atoms with van der Waals surface area (Å²) in [6.45, 7) is 2.21. The first-order chi connectivity index (χ1) is 5.32. The van der Waals surface area contributed by atoms with Crippen molar-refractivity contribution in [3.05, 3.63) is 0 Å². The molecular weight excluding hydrogens is 146 g/mol. The van der Waals surface area contributed by atoms with Crippen molar-refractivity contribution >= 4 is 0 Å². The molecule has 3 heterocycles. The standard InChI is InChI=1S/C7H11NO3/c9-5-4-1-8-2-7(11-4)3-10-6(5)7/h4-6,8-9H,1-3H2/t4-,5-,6-,7-/m0/s1. The van der Waals surface area contributed by atoms with E-state index in [2.05, 4.69) is 5.32 Å². The Labute approximate surface area is 64.5 Å². The Morgan fingerprint density at radius 1 is 1.55 bits per heavy atom. The van der Waals surface area contributed by atoms with Gasteiger partial charge in [-0.05, 0) is 0 Å². The highest BCUT2D eigenvalue weighted by molar-refractivity contribution is 5.13. The van der Waals surface area contributed by atoms with Crippen molar-refractivity contribution in [1.29, 1.82) is 0 Å². The van der Waals surface area contributed by atoms with Crippen LogP contribution in [0.1, 0.15) is 0 Å². The summed E-state index contributed by atoms with van der Waals surface area (Å²) >= 11 is 0. The van der Waals surface area contributed by atoms with Crippen LogP contribution in [0.5, 0.6) is 0 Å². The summed E-state index contributed by atoms with van der Waals surface area (Å²) in [5.74, 6) is 0. The van der Waals surface area contributed by atoms with Gasteiger partial charge in [0.05, 0.1) is 12.7 Å². The predicted molar refractivity (Wildman–Crippen MR) is 36.2 cm³/mol. The van der Waals surface area contributed by atoms with Crippen LogP contribution in [-0.2, 0) is 9.47 Å². The quantitative estimate of drug-likeness (QED) is 0.448. The van der Waals surface area contributed by atoms with Gasteiger partial charge in [0.2, 0.25) is 0 Å². The van der Waals surface area contributed by atoms with Gasteiger partial charge in [0, 0.05) is 13.1 Å². The van der Waals surface area contributed by atoms with Crippen LogP contribution in [0.2, 0.25) is 0 Å². The molecule has 3 aliphatic heterocycles. The zero-order valence-corrected chi connectivity index (χ0v) is 6.12. The van der Waals surface area contributed by atoms with E-state index in [-0.39, 0.29) is 17.8 Å². The SMILES string of the molecule is O[C@H]1[C@@H]2CNC[C@@]3(CO[C@@H]13)O2. The van der Waals surface area contributed by atoms with Gasteiger partial charge in [0.1, 0.15) is 17.8 Å². The monoisotopic (exact) mass is 157 g/mol.